The number of ether oxygens (including phenoxy) is 1. The molecule has 2 N–H and O–H groups in total. The monoisotopic (exact) mass is 402 g/mol. The molecule has 2 aliphatic carbocycles. The zero-order valence-electron chi connectivity index (χ0n) is 16.9. The SMILES string of the molecule is O=C(O)CC1=CC2=C(C=C(OCCCNc3ccccn3)CC2)Cc2ccccc21. The van der Waals surface area contributed by atoms with E-state index in [1.807, 2.05) is 36.4 Å². The predicted octanol–water partition coefficient (Wildman–Crippen LogP) is 4.99. The number of hydrogen-bond donors (Lipinski definition) is 2. The lowest BCUT2D eigenvalue weighted by Gasteiger charge is -2.19. The number of fused-ring (bicyclic) bond motifs is 1. The maximum absolute atomic E-state index is 11.4. The molecule has 5 heteroatoms. The van der Waals surface area contributed by atoms with Gasteiger partial charge in [0.1, 0.15) is 5.82 Å². The highest BCUT2D eigenvalue weighted by Crippen LogP contribution is 2.36. The van der Waals surface area contributed by atoms with Gasteiger partial charge in [-0.1, -0.05) is 36.4 Å². The van der Waals surface area contributed by atoms with E-state index in [0.717, 1.165) is 54.9 Å². The van der Waals surface area contributed by atoms with Gasteiger partial charge in [0.15, 0.2) is 0 Å². The van der Waals surface area contributed by atoms with E-state index in [-0.39, 0.29) is 6.42 Å². The molecule has 1 heterocycles. The Hall–Kier alpha value is -3.34. The third-order valence-electron chi connectivity index (χ3n) is 5.40. The van der Waals surface area contributed by atoms with Gasteiger partial charge >= 0.3 is 5.97 Å². The zero-order valence-corrected chi connectivity index (χ0v) is 16.9. The Kier molecular flexibility index (Phi) is 6.28. The lowest BCUT2D eigenvalue weighted by atomic mass is 9.93. The number of anilines is 1. The highest BCUT2D eigenvalue weighted by Gasteiger charge is 2.21. The first kappa shape index (κ1) is 20.0. The molecule has 0 radical (unpaired) electrons. The minimum atomic E-state index is -0.796. The second-order valence-corrected chi connectivity index (χ2v) is 7.58. The number of rotatable bonds is 8. The van der Waals surface area contributed by atoms with Gasteiger partial charge in [0.05, 0.1) is 18.8 Å². The van der Waals surface area contributed by atoms with Crippen LogP contribution in [-0.4, -0.2) is 29.2 Å². The van der Waals surface area contributed by atoms with Crippen molar-refractivity contribution in [2.45, 2.75) is 32.1 Å². The molecule has 1 aromatic carbocycles. The van der Waals surface area contributed by atoms with Crippen molar-refractivity contribution in [2.75, 3.05) is 18.5 Å². The fraction of sp³-hybridized carbons (Fsp3) is 0.280. The summed E-state index contributed by atoms with van der Waals surface area (Å²) in [5.74, 6) is 1.10. The van der Waals surface area contributed by atoms with Crippen molar-refractivity contribution < 1.29 is 14.6 Å². The maximum Gasteiger partial charge on any atom is 0.307 e. The third-order valence-corrected chi connectivity index (χ3v) is 5.40. The molecule has 0 bridgehead atoms. The first-order chi connectivity index (χ1) is 14.7. The highest BCUT2D eigenvalue weighted by atomic mass is 16.5. The molecule has 0 amide bonds. The van der Waals surface area contributed by atoms with Gasteiger partial charge in [-0.15, -0.1) is 0 Å². The molecule has 2 aliphatic rings. The summed E-state index contributed by atoms with van der Waals surface area (Å²) < 4.78 is 6.04. The van der Waals surface area contributed by atoms with E-state index in [1.54, 1.807) is 6.20 Å². The van der Waals surface area contributed by atoms with E-state index < -0.39 is 5.97 Å². The molecule has 0 aliphatic heterocycles. The third kappa shape index (κ3) is 4.98. The van der Waals surface area contributed by atoms with E-state index in [2.05, 4.69) is 28.5 Å². The lowest BCUT2D eigenvalue weighted by molar-refractivity contribution is -0.135. The van der Waals surface area contributed by atoms with Crippen LogP contribution in [0.15, 0.2) is 77.7 Å². The normalized spacial score (nSPS) is 15.3. The van der Waals surface area contributed by atoms with E-state index in [0.29, 0.717) is 6.61 Å². The number of aliphatic carboxylic acids is 1. The summed E-state index contributed by atoms with van der Waals surface area (Å²) >= 11 is 0. The average Bonchev–Trinajstić information content (AvgIpc) is 2.90. The molecule has 0 saturated carbocycles. The largest absolute Gasteiger partial charge is 0.498 e. The van der Waals surface area contributed by atoms with Gasteiger partial charge in [-0.3, -0.25) is 4.79 Å². The van der Waals surface area contributed by atoms with E-state index >= 15 is 0 Å². The van der Waals surface area contributed by atoms with Crippen LogP contribution in [0.5, 0.6) is 0 Å². The highest BCUT2D eigenvalue weighted by molar-refractivity contribution is 5.86. The Morgan fingerprint density at radius 1 is 1.07 bits per heavy atom. The van der Waals surface area contributed by atoms with Crippen molar-refractivity contribution in [3.05, 3.63) is 88.8 Å². The number of hydrogen-bond acceptors (Lipinski definition) is 4. The molecule has 1 aromatic heterocycles. The summed E-state index contributed by atoms with van der Waals surface area (Å²) in [7, 11) is 0. The number of pyridine rings is 1. The topological polar surface area (TPSA) is 71.5 Å². The van der Waals surface area contributed by atoms with Crippen molar-refractivity contribution in [3.8, 4) is 0 Å². The van der Waals surface area contributed by atoms with Gasteiger partial charge in [-0.25, -0.2) is 4.98 Å². The molecule has 154 valence electrons. The van der Waals surface area contributed by atoms with Crippen LogP contribution in [0, 0.1) is 0 Å². The minimum absolute atomic E-state index is 0.0458. The number of nitrogens with one attached hydrogen (secondary N) is 1. The Balaban J connectivity index is 1.40. The molecule has 0 fully saturated rings. The molecular weight excluding hydrogens is 376 g/mol. The van der Waals surface area contributed by atoms with Crippen LogP contribution < -0.4 is 5.32 Å². The van der Waals surface area contributed by atoms with Crippen molar-refractivity contribution in [3.63, 3.8) is 0 Å². The molecular formula is C25H26N2O3. The number of benzene rings is 1. The second kappa shape index (κ2) is 9.44. The standard InChI is InChI=1S/C25H26N2O3/c28-25(29)17-21-14-18-9-10-22(16-20(18)15-19-6-1-2-7-23(19)21)30-13-5-12-27-24-8-3-4-11-26-24/h1-4,6-8,11,14,16H,5,9-10,12-13,15,17H2,(H,26,27)(H,28,29). The summed E-state index contributed by atoms with van der Waals surface area (Å²) in [4.78, 5) is 15.6. The van der Waals surface area contributed by atoms with Crippen molar-refractivity contribution in [1.29, 1.82) is 0 Å². The smallest absolute Gasteiger partial charge is 0.307 e. The second-order valence-electron chi connectivity index (χ2n) is 7.58. The van der Waals surface area contributed by atoms with Gasteiger partial charge in [0, 0.05) is 19.2 Å². The minimum Gasteiger partial charge on any atom is -0.498 e. The van der Waals surface area contributed by atoms with Crippen LogP contribution in [0.2, 0.25) is 0 Å². The summed E-state index contributed by atoms with van der Waals surface area (Å²) in [6.45, 7) is 1.47. The van der Waals surface area contributed by atoms with Crippen LogP contribution in [0.3, 0.4) is 0 Å². The van der Waals surface area contributed by atoms with Crippen LogP contribution in [0.4, 0.5) is 5.82 Å². The number of carboxylic acid groups (broad SMARTS) is 1. The number of allylic oxidation sites excluding steroid dienone is 5. The van der Waals surface area contributed by atoms with Crippen molar-refractivity contribution in [1.82, 2.24) is 4.98 Å². The summed E-state index contributed by atoms with van der Waals surface area (Å²) in [5, 5.41) is 12.6. The molecule has 30 heavy (non-hydrogen) atoms. The predicted molar refractivity (Wildman–Crippen MR) is 118 cm³/mol. The van der Waals surface area contributed by atoms with Gasteiger partial charge in [0.25, 0.3) is 0 Å². The summed E-state index contributed by atoms with van der Waals surface area (Å²) in [6.07, 6.45) is 9.48. The van der Waals surface area contributed by atoms with Crippen LogP contribution in [0.25, 0.3) is 5.57 Å². The molecule has 2 aromatic rings. The number of carboxylic acids is 1. The van der Waals surface area contributed by atoms with Gasteiger partial charge in [-0.05, 0) is 65.3 Å². The molecule has 4 rings (SSSR count). The Labute approximate surface area is 176 Å². The Morgan fingerprint density at radius 2 is 1.93 bits per heavy atom. The Morgan fingerprint density at radius 3 is 2.77 bits per heavy atom. The van der Waals surface area contributed by atoms with Gasteiger partial charge in [-0.2, -0.15) is 0 Å². The average molecular weight is 402 g/mol. The number of carbonyl (C=O) groups is 1. The first-order valence-electron chi connectivity index (χ1n) is 10.4. The van der Waals surface area contributed by atoms with Crippen molar-refractivity contribution in [2.24, 2.45) is 0 Å². The first-order valence-corrected chi connectivity index (χ1v) is 10.4. The van der Waals surface area contributed by atoms with Crippen LogP contribution in [0.1, 0.15) is 36.8 Å². The fourth-order valence-corrected chi connectivity index (χ4v) is 3.97. The number of nitrogens with zero attached hydrogens (tertiary/aromatic N) is 1. The number of aromatic nitrogens is 1. The fourth-order valence-electron chi connectivity index (χ4n) is 3.97. The van der Waals surface area contributed by atoms with E-state index in [9.17, 15) is 9.90 Å². The quantitative estimate of drug-likeness (QED) is 0.609. The molecule has 0 unspecified atom stereocenters. The summed E-state index contributed by atoms with van der Waals surface area (Å²) in [5.41, 5.74) is 5.57. The summed E-state index contributed by atoms with van der Waals surface area (Å²) in [6, 6.07) is 13.9. The van der Waals surface area contributed by atoms with Crippen LogP contribution >= 0.6 is 0 Å². The zero-order chi connectivity index (χ0) is 20.8. The van der Waals surface area contributed by atoms with Gasteiger partial charge in [0.2, 0.25) is 0 Å². The van der Waals surface area contributed by atoms with Crippen molar-refractivity contribution >= 4 is 17.4 Å². The van der Waals surface area contributed by atoms with E-state index in [4.69, 9.17) is 4.74 Å². The Bertz CT molecular complexity index is 1010. The maximum atomic E-state index is 11.4. The van der Waals surface area contributed by atoms with E-state index in [1.165, 1.54) is 16.7 Å². The molecule has 0 saturated heterocycles. The van der Waals surface area contributed by atoms with Gasteiger partial charge < -0.3 is 15.2 Å². The van der Waals surface area contributed by atoms with Crippen LogP contribution in [-0.2, 0) is 16.0 Å². The molecule has 0 spiro atoms. The lowest BCUT2D eigenvalue weighted by Crippen LogP contribution is -2.08. The molecule has 0 atom stereocenters. The molecule has 5 nitrogen and oxygen atoms in total.